The van der Waals surface area contributed by atoms with Crippen LogP contribution in [0.1, 0.15) is 23.7 Å². The highest BCUT2D eigenvalue weighted by atomic mass is 16.1. The molecule has 0 heterocycles. The van der Waals surface area contributed by atoms with Crippen LogP contribution in [-0.4, -0.2) is 24.9 Å². The molecule has 1 aromatic rings. The zero-order chi connectivity index (χ0) is 12.7. The fourth-order valence-corrected chi connectivity index (χ4v) is 1.39. The number of anilines is 1. The highest BCUT2D eigenvalue weighted by Crippen LogP contribution is 2.09. The Morgan fingerprint density at radius 2 is 2.12 bits per heavy atom. The van der Waals surface area contributed by atoms with E-state index in [2.05, 4.69) is 10.6 Å². The first-order valence-electron chi connectivity index (χ1n) is 5.54. The third-order valence-electron chi connectivity index (χ3n) is 2.20. The van der Waals surface area contributed by atoms with E-state index in [1.54, 1.807) is 18.2 Å². The second-order valence-corrected chi connectivity index (χ2v) is 3.58. The van der Waals surface area contributed by atoms with Crippen LogP contribution in [0.2, 0.25) is 0 Å². The van der Waals surface area contributed by atoms with Crippen LogP contribution in [-0.2, 0) is 4.79 Å². The molecule has 0 aliphatic rings. The molecule has 0 radical (unpaired) electrons. The number of rotatable bonds is 6. The van der Waals surface area contributed by atoms with Crippen LogP contribution < -0.4 is 16.4 Å². The topological polar surface area (TPSA) is 84.2 Å². The second-order valence-electron chi connectivity index (χ2n) is 3.58. The molecule has 5 nitrogen and oxygen atoms in total. The second kappa shape index (κ2) is 6.52. The van der Waals surface area contributed by atoms with Crippen LogP contribution in [0, 0.1) is 0 Å². The number of benzene rings is 1. The molecule has 2 amide bonds. The Labute approximate surface area is 100 Å². The van der Waals surface area contributed by atoms with E-state index < -0.39 is 5.91 Å². The fourth-order valence-electron chi connectivity index (χ4n) is 1.39. The molecular formula is C12H17N3O2. The van der Waals surface area contributed by atoms with Crippen molar-refractivity contribution in [3.63, 3.8) is 0 Å². The SMILES string of the molecule is CCNC(=O)CCNc1cccc(C(N)=O)c1. The molecule has 0 aromatic heterocycles. The van der Waals surface area contributed by atoms with Crippen LogP contribution >= 0.6 is 0 Å². The van der Waals surface area contributed by atoms with Gasteiger partial charge < -0.3 is 16.4 Å². The Morgan fingerprint density at radius 1 is 1.35 bits per heavy atom. The summed E-state index contributed by atoms with van der Waals surface area (Å²) >= 11 is 0. The summed E-state index contributed by atoms with van der Waals surface area (Å²) in [5.41, 5.74) is 6.40. The van der Waals surface area contributed by atoms with Crippen LogP contribution in [0.3, 0.4) is 0 Å². The highest BCUT2D eigenvalue weighted by molar-refractivity contribution is 5.93. The first-order valence-corrected chi connectivity index (χ1v) is 5.54. The van der Waals surface area contributed by atoms with Gasteiger partial charge in [-0.2, -0.15) is 0 Å². The van der Waals surface area contributed by atoms with Gasteiger partial charge in [-0.25, -0.2) is 0 Å². The lowest BCUT2D eigenvalue weighted by atomic mass is 10.2. The number of carbonyl (C=O) groups is 2. The number of nitrogens with one attached hydrogen (secondary N) is 2. The van der Waals surface area contributed by atoms with Crippen molar-refractivity contribution >= 4 is 17.5 Å². The van der Waals surface area contributed by atoms with E-state index in [9.17, 15) is 9.59 Å². The lowest BCUT2D eigenvalue weighted by molar-refractivity contribution is -0.120. The lowest BCUT2D eigenvalue weighted by Gasteiger charge is -2.07. The molecule has 0 unspecified atom stereocenters. The molecule has 0 atom stereocenters. The quantitative estimate of drug-likeness (QED) is 0.679. The van der Waals surface area contributed by atoms with E-state index >= 15 is 0 Å². The smallest absolute Gasteiger partial charge is 0.248 e. The maximum atomic E-state index is 11.2. The van der Waals surface area contributed by atoms with E-state index in [4.69, 9.17) is 5.73 Å². The molecule has 0 aliphatic heterocycles. The Kier molecular flexibility index (Phi) is 5.00. The molecule has 1 aromatic carbocycles. The summed E-state index contributed by atoms with van der Waals surface area (Å²) in [6.45, 7) is 3.03. The Bertz CT molecular complexity index is 404. The van der Waals surface area contributed by atoms with Gasteiger partial charge in [0.2, 0.25) is 11.8 Å². The summed E-state index contributed by atoms with van der Waals surface area (Å²) in [6.07, 6.45) is 0.397. The van der Waals surface area contributed by atoms with Gasteiger partial charge in [-0.05, 0) is 25.1 Å². The number of hydrogen-bond acceptors (Lipinski definition) is 3. The van der Waals surface area contributed by atoms with Crippen molar-refractivity contribution in [1.82, 2.24) is 5.32 Å². The molecule has 17 heavy (non-hydrogen) atoms. The van der Waals surface area contributed by atoms with Crippen LogP contribution in [0.5, 0.6) is 0 Å². The van der Waals surface area contributed by atoms with Gasteiger partial charge in [-0.15, -0.1) is 0 Å². The highest BCUT2D eigenvalue weighted by Gasteiger charge is 2.02. The number of nitrogens with two attached hydrogens (primary N) is 1. The van der Waals surface area contributed by atoms with Gasteiger partial charge >= 0.3 is 0 Å². The molecule has 0 spiro atoms. The van der Waals surface area contributed by atoms with Gasteiger partial charge in [0, 0.05) is 30.8 Å². The van der Waals surface area contributed by atoms with Crippen LogP contribution in [0.4, 0.5) is 5.69 Å². The van der Waals surface area contributed by atoms with Crippen molar-refractivity contribution in [2.45, 2.75) is 13.3 Å². The number of hydrogen-bond donors (Lipinski definition) is 3. The van der Waals surface area contributed by atoms with E-state index in [-0.39, 0.29) is 5.91 Å². The summed E-state index contributed by atoms with van der Waals surface area (Å²) in [5.74, 6) is -0.455. The molecule has 0 saturated heterocycles. The first-order chi connectivity index (χ1) is 8.13. The third-order valence-corrected chi connectivity index (χ3v) is 2.20. The molecule has 0 bridgehead atoms. The first kappa shape index (κ1) is 13.0. The van der Waals surface area contributed by atoms with E-state index in [0.717, 1.165) is 5.69 Å². The molecule has 1 rings (SSSR count). The normalized spacial score (nSPS) is 9.71. The van der Waals surface area contributed by atoms with Crippen molar-refractivity contribution in [2.24, 2.45) is 5.73 Å². The number of amides is 2. The van der Waals surface area contributed by atoms with Crippen molar-refractivity contribution in [2.75, 3.05) is 18.4 Å². The molecule has 92 valence electrons. The minimum absolute atomic E-state index is 0.00561. The molecule has 0 saturated carbocycles. The average Bonchev–Trinajstić information content (AvgIpc) is 2.30. The van der Waals surface area contributed by atoms with Crippen LogP contribution in [0.25, 0.3) is 0 Å². The van der Waals surface area contributed by atoms with Crippen molar-refractivity contribution in [1.29, 1.82) is 0 Å². The minimum atomic E-state index is -0.461. The lowest BCUT2D eigenvalue weighted by Crippen LogP contribution is -2.24. The van der Waals surface area contributed by atoms with Gasteiger partial charge in [-0.1, -0.05) is 6.07 Å². The maximum absolute atomic E-state index is 11.2. The maximum Gasteiger partial charge on any atom is 0.248 e. The Balaban J connectivity index is 2.44. The van der Waals surface area contributed by atoms with E-state index in [0.29, 0.717) is 25.1 Å². The zero-order valence-electron chi connectivity index (χ0n) is 9.82. The fraction of sp³-hybridized carbons (Fsp3) is 0.333. The van der Waals surface area contributed by atoms with E-state index in [1.807, 2.05) is 13.0 Å². The summed E-state index contributed by atoms with van der Waals surface area (Å²) in [6, 6.07) is 6.88. The predicted molar refractivity (Wildman–Crippen MR) is 66.8 cm³/mol. The van der Waals surface area contributed by atoms with Gasteiger partial charge in [-0.3, -0.25) is 9.59 Å². The summed E-state index contributed by atoms with van der Waals surface area (Å²) in [5, 5.41) is 5.77. The molecule has 0 aliphatic carbocycles. The molecule has 5 heteroatoms. The van der Waals surface area contributed by atoms with Gasteiger partial charge in [0.15, 0.2) is 0 Å². The predicted octanol–water partition coefficient (Wildman–Crippen LogP) is 0.724. The van der Waals surface area contributed by atoms with Crippen molar-refractivity contribution in [3.8, 4) is 0 Å². The third kappa shape index (κ3) is 4.55. The monoisotopic (exact) mass is 235 g/mol. The summed E-state index contributed by atoms with van der Waals surface area (Å²) in [7, 11) is 0. The van der Waals surface area contributed by atoms with E-state index in [1.165, 1.54) is 0 Å². The van der Waals surface area contributed by atoms with Crippen LogP contribution in [0.15, 0.2) is 24.3 Å². The summed E-state index contributed by atoms with van der Waals surface area (Å²) < 4.78 is 0. The van der Waals surface area contributed by atoms with Gasteiger partial charge in [0.25, 0.3) is 0 Å². The van der Waals surface area contributed by atoms with Crippen molar-refractivity contribution < 1.29 is 9.59 Å². The minimum Gasteiger partial charge on any atom is -0.385 e. The standard InChI is InChI=1S/C12H17N3O2/c1-2-14-11(16)6-7-15-10-5-3-4-9(8-10)12(13)17/h3-5,8,15H,2,6-7H2,1H3,(H2,13,17)(H,14,16). The molecule has 4 N–H and O–H groups in total. The molecular weight excluding hydrogens is 218 g/mol. The Morgan fingerprint density at radius 3 is 2.76 bits per heavy atom. The Hall–Kier alpha value is -2.04. The molecule has 0 fully saturated rings. The number of carbonyl (C=O) groups excluding carboxylic acids is 2. The summed E-state index contributed by atoms with van der Waals surface area (Å²) in [4.78, 5) is 22.1. The largest absolute Gasteiger partial charge is 0.385 e. The number of primary amides is 1. The van der Waals surface area contributed by atoms with Gasteiger partial charge in [0.1, 0.15) is 0 Å². The average molecular weight is 235 g/mol. The van der Waals surface area contributed by atoms with Gasteiger partial charge in [0.05, 0.1) is 0 Å². The zero-order valence-corrected chi connectivity index (χ0v) is 9.82. The van der Waals surface area contributed by atoms with Crippen molar-refractivity contribution in [3.05, 3.63) is 29.8 Å².